The second-order valence-corrected chi connectivity index (χ2v) is 3.53. The fraction of sp³-hybridized carbons (Fsp3) is 0.600. The number of hydrogen-bond donors (Lipinski definition) is 4. The van der Waals surface area contributed by atoms with E-state index in [1.165, 1.54) is 0 Å². The van der Waals surface area contributed by atoms with Gasteiger partial charge in [0, 0.05) is 12.4 Å². The first-order valence-corrected chi connectivity index (χ1v) is 5.29. The maximum Gasteiger partial charge on any atom is 0.332 e. The van der Waals surface area contributed by atoms with E-state index in [1.807, 2.05) is 0 Å². The minimum Gasteiger partial charge on any atom is -0.550 e. The molecule has 0 saturated heterocycles. The molecule has 116 valence electrons. The van der Waals surface area contributed by atoms with Crippen molar-refractivity contribution in [1.82, 2.24) is 0 Å². The topological polar surface area (TPSA) is 195 Å². The molecule has 0 aromatic rings. The van der Waals surface area contributed by atoms with Crippen LogP contribution in [0.3, 0.4) is 0 Å². The smallest absolute Gasteiger partial charge is 0.332 e. The minimum atomic E-state index is -1.67. The van der Waals surface area contributed by atoms with E-state index in [1.54, 1.807) is 0 Å². The molecule has 0 saturated carbocycles. The van der Waals surface area contributed by atoms with E-state index in [0.717, 1.165) is 0 Å². The summed E-state index contributed by atoms with van der Waals surface area (Å²) >= 11 is 0. The lowest BCUT2D eigenvalue weighted by molar-refractivity contribution is -0.315. The van der Waals surface area contributed by atoms with Crippen LogP contribution < -0.4 is 10.2 Å². The first-order valence-electron chi connectivity index (χ1n) is 5.29. The molecule has 0 aliphatic carbocycles. The number of carboxylic acids is 4. The van der Waals surface area contributed by atoms with Gasteiger partial charge in [-0.25, -0.2) is 4.79 Å². The Morgan fingerprint density at radius 3 is 1.60 bits per heavy atom. The van der Waals surface area contributed by atoms with Crippen LogP contribution in [0.15, 0.2) is 0 Å². The zero-order valence-electron chi connectivity index (χ0n) is 10.2. The van der Waals surface area contributed by atoms with Crippen LogP contribution in [0.25, 0.3) is 0 Å². The van der Waals surface area contributed by atoms with Gasteiger partial charge >= 0.3 is 11.9 Å². The molecule has 20 heavy (non-hydrogen) atoms. The Labute approximate surface area is 112 Å². The van der Waals surface area contributed by atoms with Crippen molar-refractivity contribution in [2.75, 3.05) is 0 Å². The number of carboxylic acid groups (broad SMARTS) is 4. The first kappa shape index (κ1) is 20.1. The zero-order valence-corrected chi connectivity index (χ0v) is 10.2. The molecule has 0 spiro atoms. The average Bonchev–Trinajstić information content (AvgIpc) is 2.33. The number of carbonyl (C=O) groups excluding carboxylic acids is 2. The van der Waals surface area contributed by atoms with E-state index in [-0.39, 0.29) is 19.3 Å². The molecule has 0 aromatic heterocycles. The summed E-state index contributed by atoms with van der Waals surface area (Å²) in [6.07, 6.45) is -4.69. The molecule has 2 atom stereocenters. The van der Waals surface area contributed by atoms with Gasteiger partial charge in [-0.1, -0.05) is 0 Å². The summed E-state index contributed by atoms with van der Waals surface area (Å²) < 4.78 is 0. The number of hydrogen-bond acceptors (Lipinski definition) is 8. The van der Waals surface area contributed by atoms with E-state index in [4.69, 9.17) is 20.4 Å². The van der Waals surface area contributed by atoms with Gasteiger partial charge in [0.05, 0.1) is 12.1 Å². The molecule has 0 radical (unpaired) electrons. The highest BCUT2D eigenvalue weighted by atomic mass is 16.4. The molecule has 0 heterocycles. The monoisotopic (exact) mass is 294 g/mol. The summed E-state index contributed by atoms with van der Waals surface area (Å²) in [6.45, 7) is 0. The van der Waals surface area contributed by atoms with Crippen LogP contribution in [0.1, 0.15) is 25.7 Å². The fourth-order valence-corrected chi connectivity index (χ4v) is 0.756. The van der Waals surface area contributed by atoms with Crippen LogP contribution >= 0.6 is 0 Å². The number of carbonyl (C=O) groups is 4. The molecule has 0 rings (SSSR count). The third kappa shape index (κ3) is 13.9. The van der Waals surface area contributed by atoms with Gasteiger partial charge in [0.2, 0.25) is 0 Å². The maximum atomic E-state index is 9.85. The highest BCUT2D eigenvalue weighted by Crippen LogP contribution is 1.95. The molecule has 0 amide bonds. The SMILES string of the molecule is O=C(O)CC[C@H](O)C(=O)[O-].O=C([O-])CC[C@@H](O)C(=O)O. The van der Waals surface area contributed by atoms with Crippen molar-refractivity contribution in [1.29, 1.82) is 0 Å². The largest absolute Gasteiger partial charge is 0.550 e. The normalized spacial score (nSPS) is 12.5. The summed E-state index contributed by atoms with van der Waals surface area (Å²) in [4.78, 5) is 39.1. The van der Waals surface area contributed by atoms with Crippen LogP contribution in [0.5, 0.6) is 0 Å². The van der Waals surface area contributed by atoms with E-state index >= 15 is 0 Å². The number of aliphatic hydroxyl groups excluding tert-OH is 2. The molecule has 0 bridgehead atoms. The molecular weight excluding hydrogens is 280 g/mol. The van der Waals surface area contributed by atoms with Crippen molar-refractivity contribution in [2.24, 2.45) is 0 Å². The molecule has 0 aliphatic heterocycles. The van der Waals surface area contributed by atoms with Crippen molar-refractivity contribution >= 4 is 23.9 Å². The Bertz CT molecular complexity index is 316. The number of aliphatic carboxylic acids is 4. The van der Waals surface area contributed by atoms with Crippen molar-refractivity contribution in [3.63, 3.8) is 0 Å². The second-order valence-electron chi connectivity index (χ2n) is 3.53. The van der Waals surface area contributed by atoms with Gasteiger partial charge in [0.1, 0.15) is 0 Å². The quantitative estimate of drug-likeness (QED) is 0.341. The van der Waals surface area contributed by atoms with Gasteiger partial charge < -0.3 is 40.2 Å². The Balaban J connectivity index is 0. The van der Waals surface area contributed by atoms with Crippen molar-refractivity contribution < 1.29 is 49.8 Å². The lowest BCUT2D eigenvalue weighted by Gasteiger charge is -2.08. The van der Waals surface area contributed by atoms with Crippen LogP contribution in [0.4, 0.5) is 0 Å². The summed E-state index contributed by atoms with van der Waals surface area (Å²) in [7, 11) is 0. The van der Waals surface area contributed by atoms with Crippen LogP contribution in [-0.2, 0) is 19.2 Å². The summed E-state index contributed by atoms with van der Waals surface area (Å²) in [5.74, 6) is -5.55. The molecule has 10 nitrogen and oxygen atoms in total. The average molecular weight is 294 g/mol. The van der Waals surface area contributed by atoms with Crippen molar-refractivity contribution in [3.8, 4) is 0 Å². The van der Waals surface area contributed by atoms with Gasteiger partial charge in [-0.2, -0.15) is 0 Å². The van der Waals surface area contributed by atoms with Gasteiger partial charge in [-0.05, 0) is 19.3 Å². The highest BCUT2D eigenvalue weighted by molar-refractivity contribution is 5.73. The molecule has 0 aromatic carbocycles. The van der Waals surface area contributed by atoms with E-state index in [0.29, 0.717) is 0 Å². The van der Waals surface area contributed by atoms with E-state index in [9.17, 15) is 29.4 Å². The third-order valence-electron chi connectivity index (χ3n) is 1.81. The van der Waals surface area contributed by atoms with Crippen LogP contribution in [0, 0.1) is 0 Å². The lowest BCUT2D eigenvalue weighted by Crippen LogP contribution is -2.35. The van der Waals surface area contributed by atoms with Crippen LogP contribution in [-0.4, -0.2) is 56.5 Å². The fourth-order valence-electron chi connectivity index (χ4n) is 0.756. The summed E-state index contributed by atoms with van der Waals surface area (Å²) in [5.41, 5.74) is 0. The Morgan fingerprint density at radius 1 is 0.850 bits per heavy atom. The van der Waals surface area contributed by atoms with Gasteiger partial charge in [-0.3, -0.25) is 4.79 Å². The molecule has 4 N–H and O–H groups in total. The number of aliphatic hydroxyl groups is 2. The highest BCUT2D eigenvalue weighted by Gasteiger charge is 2.11. The number of rotatable bonds is 8. The van der Waals surface area contributed by atoms with Crippen molar-refractivity contribution in [2.45, 2.75) is 37.9 Å². The van der Waals surface area contributed by atoms with Gasteiger partial charge in [-0.15, -0.1) is 0 Å². The predicted octanol–water partition coefficient (Wildman–Crippen LogP) is -4.08. The maximum absolute atomic E-state index is 9.85. The van der Waals surface area contributed by atoms with Gasteiger partial charge in [0.25, 0.3) is 0 Å². The van der Waals surface area contributed by atoms with Gasteiger partial charge in [0.15, 0.2) is 6.10 Å². The third-order valence-corrected chi connectivity index (χ3v) is 1.81. The predicted molar refractivity (Wildman–Crippen MR) is 55.8 cm³/mol. The van der Waals surface area contributed by atoms with E-state index in [2.05, 4.69) is 0 Å². The first-order chi connectivity index (χ1) is 9.07. The second kappa shape index (κ2) is 10.7. The Kier molecular flexibility index (Phi) is 10.8. The Morgan fingerprint density at radius 2 is 1.30 bits per heavy atom. The molecule has 0 aliphatic rings. The zero-order chi connectivity index (χ0) is 16.3. The molecule has 0 fully saturated rings. The lowest BCUT2D eigenvalue weighted by atomic mass is 10.2. The standard InChI is InChI=1S/2C5H8O5/c2*6-3(5(9)10)1-2-4(7)8/h2*3,6H,1-2H2,(H,7,8)(H,9,10)/p-2/t2*3-/m10/s1. The summed E-state index contributed by atoms with van der Waals surface area (Å²) in [6, 6.07) is 0. The van der Waals surface area contributed by atoms with Crippen LogP contribution in [0.2, 0.25) is 0 Å². The summed E-state index contributed by atoms with van der Waals surface area (Å²) in [5, 5.41) is 52.5. The molecule has 10 heteroatoms. The molecular formula is C10H14O10-2. The van der Waals surface area contributed by atoms with Crippen molar-refractivity contribution in [3.05, 3.63) is 0 Å². The molecule has 0 unspecified atom stereocenters. The van der Waals surface area contributed by atoms with E-state index < -0.39 is 42.5 Å². The Hall–Kier alpha value is -2.20. The minimum absolute atomic E-state index is 0.308.